The molecule has 1 aliphatic rings. The molecule has 1 amide bonds. The summed E-state index contributed by atoms with van der Waals surface area (Å²) in [6.45, 7) is 4.78. The topological polar surface area (TPSA) is 41.1 Å². The van der Waals surface area contributed by atoms with Crippen LogP contribution >= 0.6 is 15.9 Å². The van der Waals surface area contributed by atoms with Gasteiger partial charge < -0.3 is 10.6 Å². The fourth-order valence-electron chi connectivity index (χ4n) is 1.79. The predicted octanol–water partition coefficient (Wildman–Crippen LogP) is 2.78. The summed E-state index contributed by atoms with van der Waals surface area (Å²) in [6.07, 6.45) is 1.15. The molecule has 92 valence electrons. The Morgan fingerprint density at radius 2 is 2.12 bits per heavy atom. The average Bonchev–Trinajstić information content (AvgIpc) is 2.87. The number of carbonyl (C=O) groups is 1. The highest BCUT2D eigenvalue weighted by Gasteiger charge is 2.45. The maximum Gasteiger partial charge on any atom is 0.238 e. The van der Waals surface area contributed by atoms with Gasteiger partial charge in [0.2, 0.25) is 5.91 Å². The van der Waals surface area contributed by atoms with E-state index in [4.69, 9.17) is 0 Å². The Hall–Kier alpha value is -0.870. The van der Waals surface area contributed by atoms with Crippen molar-refractivity contribution in [3.8, 4) is 0 Å². The van der Waals surface area contributed by atoms with Crippen molar-refractivity contribution in [2.45, 2.75) is 26.3 Å². The molecule has 0 heterocycles. The molecule has 0 bridgehead atoms. The summed E-state index contributed by atoms with van der Waals surface area (Å²) in [5.41, 5.74) is 1.17. The molecule has 17 heavy (non-hydrogen) atoms. The largest absolute Gasteiger partial charge is 0.324 e. The molecular weight excluding hydrogens is 280 g/mol. The van der Waals surface area contributed by atoms with Gasteiger partial charge in [-0.1, -0.05) is 26.0 Å². The Labute approximate surface area is 110 Å². The number of hydrogen-bond donors (Lipinski definition) is 2. The number of carbonyl (C=O) groups excluding carboxylic acids is 1. The number of rotatable bonds is 4. The van der Waals surface area contributed by atoms with Crippen LogP contribution in [0.5, 0.6) is 0 Å². The van der Waals surface area contributed by atoms with E-state index in [0.29, 0.717) is 18.0 Å². The van der Waals surface area contributed by atoms with Crippen LogP contribution in [0.15, 0.2) is 28.7 Å². The fourth-order valence-corrected chi connectivity index (χ4v) is 2.17. The third kappa shape index (κ3) is 3.30. The lowest BCUT2D eigenvalue weighted by atomic mass is 10.2. The van der Waals surface area contributed by atoms with Crippen LogP contribution in [-0.4, -0.2) is 18.5 Å². The van der Waals surface area contributed by atoms with Crippen LogP contribution in [0.4, 0.5) is 5.69 Å². The third-order valence-corrected chi connectivity index (χ3v) is 3.86. The van der Waals surface area contributed by atoms with Crippen LogP contribution in [0, 0.1) is 5.41 Å². The lowest BCUT2D eigenvalue weighted by Crippen LogP contribution is -2.31. The normalized spacial score (nSPS) is 21.0. The molecule has 0 radical (unpaired) electrons. The van der Waals surface area contributed by atoms with E-state index < -0.39 is 0 Å². The molecule has 1 atom stereocenters. The summed E-state index contributed by atoms with van der Waals surface area (Å²) >= 11 is 3.40. The average molecular weight is 297 g/mol. The molecule has 1 fully saturated rings. The first-order valence-electron chi connectivity index (χ1n) is 5.77. The van der Waals surface area contributed by atoms with Crippen molar-refractivity contribution in [2.24, 2.45) is 5.41 Å². The smallest absolute Gasteiger partial charge is 0.238 e. The standard InChI is InChI=1S/C13H17BrN2O/c1-13(2)7-11(13)15-8-12(17)16-10-6-4-3-5-9(10)14/h3-6,11,15H,7-8H2,1-2H3,(H,16,17). The van der Waals surface area contributed by atoms with Gasteiger partial charge in [-0.2, -0.15) is 0 Å². The predicted molar refractivity (Wildman–Crippen MR) is 73.0 cm³/mol. The summed E-state index contributed by atoms with van der Waals surface area (Å²) in [7, 11) is 0. The molecule has 1 aromatic carbocycles. The third-order valence-electron chi connectivity index (χ3n) is 3.17. The van der Waals surface area contributed by atoms with E-state index in [0.717, 1.165) is 16.6 Å². The van der Waals surface area contributed by atoms with Gasteiger partial charge in [-0.25, -0.2) is 0 Å². The zero-order valence-electron chi connectivity index (χ0n) is 10.1. The van der Waals surface area contributed by atoms with Crippen LogP contribution in [0.3, 0.4) is 0 Å². The number of anilines is 1. The minimum absolute atomic E-state index is 0.000370. The first kappa shape index (κ1) is 12.6. The zero-order valence-corrected chi connectivity index (χ0v) is 11.7. The van der Waals surface area contributed by atoms with Gasteiger partial charge in [0.15, 0.2) is 0 Å². The van der Waals surface area contributed by atoms with Crippen LogP contribution in [0.25, 0.3) is 0 Å². The minimum Gasteiger partial charge on any atom is -0.324 e. The molecule has 0 spiro atoms. The van der Waals surface area contributed by atoms with Gasteiger partial charge in [0, 0.05) is 10.5 Å². The molecular formula is C13H17BrN2O. The monoisotopic (exact) mass is 296 g/mol. The molecule has 3 nitrogen and oxygen atoms in total. The van der Waals surface area contributed by atoms with E-state index in [2.05, 4.69) is 40.4 Å². The summed E-state index contributed by atoms with van der Waals surface area (Å²) in [4.78, 5) is 11.7. The molecule has 0 aromatic heterocycles. The van der Waals surface area contributed by atoms with Crippen molar-refractivity contribution < 1.29 is 4.79 Å². The maximum absolute atomic E-state index is 11.7. The molecule has 0 aliphatic heterocycles. The van der Waals surface area contributed by atoms with Gasteiger partial charge in [0.25, 0.3) is 0 Å². The van der Waals surface area contributed by atoms with E-state index in [9.17, 15) is 4.79 Å². The van der Waals surface area contributed by atoms with E-state index >= 15 is 0 Å². The second-order valence-corrected chi connectivity index (χ2v) is 6.01. The van der Waals surface area contributed by atoms with Gasteiger partial charge >= 0.3 is 0 Å². The molecule has 0 saturated heterocycles. The minimum atomic E-state index is -0.000370. The number of halogens is 1. The molecule has 2 N–H and O–H groups in total. The van der Waals surface area contributed by atoms with Crippen molar-refractivity contribution in [3.05, 3.63) is 28.7 Å². The van der Waals surface area contributed by atoms with Gasteiger partial charge in [-0.15, -0.1) is 0 Å². The fraction of sp³-hybridized carbons (Fsp3) is 0.462. The van der Waals surface area contributed by atoms with Crippen molar-refractivity contribution in [1.82, 2.24) is 5.32 Å². The van der Waals surface area contributed by atoms with E-state index in [-0.39, 0.29) is 5.91 Å². The Balaban J connectivity index is 1.80. The lowest BCUT2D eigenvalue weighted by molar-refractivity contribution is -0.115. The molecule has 1 aromatic rings. The van der Waals surface area contributed by atoms with Crippen LogP contribution in [-0.2, 0) is 4.79 Å². The van der Waals surface area contributed by atoms with Crippen molar-refractivity contribution in [2.75, 3.05) is 11.9 Å². The summed E-state index contributed by atoms with van der Waals surface area (Å²) in [5.74, 6) is -0.000370. The Morgan fingerprint density at radius 1 is 1.47 bits per heavy atom. The molecule has 4 heteroatoms. The van der Waals surface area contributed by atoms with E-state index in [1.807, 2.05) is 24.3 Å². The highest BCUT2D eigenvalue weighted by Crippen LogP contribution is 2.44. The summed E-state index contributed by atoms with van der Waals surface area (Å²) < 4.78 is 0.903. The van der Waals surface area contributed by atoms with E-state index in [1.54, 1.807) is 0 Å². The number of benzene rings is 1. The number of hydrogen-bond acceptors (Lipinski definition) is 2. The Bertz CT molecular complexity index is 431. The van der Waals surface area contributed by atoms with Crippen LogP contribution in [0.1, 0.15) is 20.3 Å². The van der Waals surface area contributed by atoms with Gasteiger partial charge in [-0.05, 0) is 39.9 Å². The van der Waals surface area contributed by atoms with Gasteiger partial charge in [-0.3, -0.25) is 4.79 Å². The molecule has 1 saturated carbocycles. The van der Waals surface area contributed by atoms with Gasteiger partial charge in [0.1, 0.15) is 0 Å². The second-order valence-electron chi connectivity index (χ2n) is 5.15. The first-order valence-corrected chi connectivity index (χ1v) is 6.56. The van der Waals surface area contributed by atoms with Gasteiger partial charge in [0.05, 0.1) is 12.2 Å². The number of para-hydroxylation sites is 1. The van der Waals surface area contributed by atoms with E-state index in [1.165, 1.54) is 0 Å². The number of nitrogens with one attached hydrogen (secondary N) is 2. The number of amides is 1. The molecule has 1 unspecified atom stereocenters. The Morgan fingerprint density at radius 3 is 2.71 bits per heavy atom. The molecule has 2 rings (SSSR count). The Kier molecular flexibility index (Phi) is 3.54. The lowest BCUT2D eigenvalue weighted by Gasteiger charge is -2.09. The van der Waals surface area contributed by atoms with Crippen molar-refractivity contribution in [3.63, 3.8) is 0 Å². The zero-order chi connectivity index (χ0) is 12.5. The van der Waals surface area contributed by atoms with Crippen LogP contribution in [0.2, 0.25) is 0 Å². The highest BCUT2D eigenvalue weighted by molar-refractivity contribution is 9.10. The quantitative estimate of drug-likeness (QED) is 0.897. The maximum atomic E-state index is 11.7. The first-order chi connectivity index (χ1) is 7.99. The van der Waals surface area contributed by atoms with Crippen LogP contribution < -0.4 is 10.6 Å². The second kappa shape index (κ2) is 4.78. The molecule has 1 aliphatic carbocycles. The summed E-state index contributed by atoms with van der Waals surface area (Å²) in [6, 6.07) is 8.09. The summed E-state index contributed by atoms with van der Waals surface area (Å²) in [5, 5.41) is 6.13. The SMILES string of the molecule is CC1(C)CC1NCC(=O)Nc1ccccc1Br. The van der Waals surface area contributed by atoms with Crippen molar-refractivity contribution >= 4 is 27.5 Å². The van der Waals surface area contributed by atoms with Crippen molar-refractivity contribution in [1.29, 1.82) is 0 Å². The highest BCUT2D eigenvalue weighted by atomic mass is 79.9.